The smallest absolute Gasteiger partial charge is 0.311 e. The molecular formula is C25H33NO4. The van der Waals surface area contributed by atoms with Crippen LogP contribution in [0.25, 0.3) is 0 Å². The lowest BCUT2D eigenvalue weighted by atomic mass is 9.81. The molecule has 3 aliphatic rings. The van der Waals surface area contributed by atoms with Crippen LogP contribution in [0.4, 0.5) is 5.69 Å². The largest absolute Gasteiger partial charge is 0.426 e. The first-order chi connectivity index (χ1) is 14.6. The SMILES string of the molecule is CCCCCCCCCC(=O)Oc1cccc(N2C(=O)[C@@H]3[C@H]4CC[C@@H](C4)[C@H]3C2=O)c1. The molecular weight excluding hydrogens is 378 g/mol. The predicted molar refractivity (Wildman–Crippen MR) is 115 cm³/mol. The van der Waals surface area contributed by atoms with E-state index in [-0.39, 0.29) is 29.6 Å². The van der Waals surface area contributed by atoms with Crippen LogP contribution in [0, 0.1) is 23.7 Å². The number of hydrogen-bond donors (Lipinski definition) is 0. The van der Waals surface area contributed by atoms with Crippen LogP contribution >= 0.6 is 0 Å². The standard InChI is InChI=1S/C25H33NO4/c1-2-3-4-5-6-7-8-12-21(27)30-20-11-9-10-19(16-20)26-24(28)22-17-13-14-18(15-17)23(22)25(26)29/h9-11,16-18,22-23H,2-8,12-15H2,1H3/t17-,18-,22+,23+/m0/s1. The lowest BCUT2D eigenvalue weighted by molar-refractivity contribution is -0.134. The number of esters is 1. The van der Waals surface area contributed by atoms with E-state index in [4.69, 9.17) is 4.74 Å². The number of fused-ring (bicyclic) bond motifs is 5. The second-order valence-electron chi connectivity index (χ2n) is 9.24. The van der Waals surface area contributed by atoms with Crippen molar-refractivity contribution in [3.05, 3.63) is 24.3 Å². The topological polar surface area (TPSA) is 63.7 Å². The zero-order chi connectivity index (χ0) is 21.1. The Labute approximate surface area is 179 Å². The Morgan fingerprint density at radius 1 is 0.967 bits per heavy atom. The molecule has 1 heterocycles. The second kappa shape index (κ2) is 9.32. The lowest BCUT2D eigenvalue weighted by Crippen LogP contribution is -2.32. The van der Waals surface area contributed by atoms with Crippen molar-refractivity contribution in [2.24, 2.45) is 23.7 Å². The second-order valence-corrected chi connectivity index (χ2v) is 9.24. The van der Waals surface area contributed by atoms with Crippen LogP contribution in [0.5, 0.6) is 5.75 Å². The lowest BCUT2D eigenvalue weighted by Gasteiger charge is -2.19. The highest BCUT2D eigenvalue weighted by Gasteiger charge is 2.61. The average Bonchev–Trinajstić information content (AvgIpc) is 3.41. The van der Waals surface area contributed by atoms with E-state index in [9.17, 15) is 14.4 Å². The third kappa shape index (κ3) is 4.17. The Balaban J connectivity index is 1.31. The van der Waals surface area contributed by atoms with E-state index in [0.29, 0.717) is 29.7 Å². The Bertz CT molecular complexity index is 776. The minimum Gasteiger partial charge on any atom is -0.426 e. The fraction of sp³-hybridized carbons (Fsp3) is 0.640. The van der Waals surface area contributed by atoms with Gasteiger partial charge in [0.2, 0.25) is 11.8 Å². The molecule has 0 aromatic heterocycles. The molecule has 5 heteroatoms. The van der Waals surface area contributed by atoms with E-state index >= 15 is 0 Å². The van der Waals surface area contributed by atoms with Gasteiger partial charge in [-0.1, -0.05) is 51.5 Å². The molecule has 0 N–H and O–H groups in total. The number of anilines is 1. The van der Waals surface area contributed by atoms with Crippen LogP contribution < -0.4 is 9.64 Å². The molecule has 2 bridgehead atoms. The van der Waals surface area contributed by atoms with Crippen LogP contribution in [0.15, 0.2) is 24.3 Å². The van der Waals surface area contributed by atoms with Crippen molar-refractivity contribution in [2.45, 2.75) is 77.6 Å². The maximum Gasteiger partial charge on any atom is 0.311 e. The molecule has 30 heavy (non-hydrogen) atoms. The summed E-state index contributed by atoms with van der Waals surface area (Å²) < 4.78 is 5.49. The van der Waals surface area contributed by atoms with Crippen LogP contribution in [0.3, 0.4) is 0 Å². The van der Waals surface area contributed by atoms with Gasteiger partial charge in [-0.05, 0) is 49.7 Å². The van der Waals surface area contributed by atoms with Crippen molar-refractivity contribution >= 4 is 23.5 Å². The summed E-state index contributed by atoms with van der Waals surface area (Å²) in [6, 6.07) is 6.87. The summed E-state index contributed by atoms with van der Waals surface area (Å²) in [5.41, 5.74) is 0.528. The fourth-order valence-corrected chi connectivity index (χ4v) is 5.76. The fourth-order valence-electron chi connectivity index (χ4n) is 5.76. The van der Waals surface area contributed by atoms with Crippen LogP contribution in [0.2, 0.25) is 0 Å². The monoisotopic (exact) mass is 411 g/mol. The number of nitrogens with zero attached hydrogens (tertiary/aromatic N) is 1. The Morgan fingerprint density at radius 3 is 2.27 bits per heavy atom. The van der Waals surface area contributed by atoms with Gasteiger partial charge in [-0.3, -0.25) is 14.4 Å². The molecule has 2 aliphatic carbocycles. The third-order valence-corrected chi connectivity index (χ3v) is 7.22. The molecule has 2 amide bonds. The first-order valence-corrected chi connectivity index (χ1v) is 11.8. The number of carbonyl (C=O) groups is 3. The van der Waals surface area contributed by atoms with Crippen LogP contribution in [-0.2, 0) is 14.4 Å². The van der Waals surface area contributed by atoms with Gasteiger partial charge in [-0.15, -0.1) is 0 Å². The van der Waals surface area contributed by atoms with Gasteiger partial charge >= 0.3 is 5.97 Å². The molecule has 0 spiro atoms. The summed E-state index contributed by atoms with van der Waals surface area (Å²) in [5, 5.41) is 0. The highest BCUT2D eigenvalue weighted by atomic mass is 16.5. The molecule has 1 aromatic carbocycles. The Kier molecular flexibility index (Phi) is 6.55. The van der Waals surface area contributed by atoms with Crippen LogP contribution in [-0.4, -0.2) is 17.8 Å². The minimum absolute atomic E-state index is 0.0660. The summed E-state index contributed by atoms with van der Waals surface area (Å²) in [6.45, 7) is 2.20. The number of carbonyl (C=O) groups excluding carboxylic acids is 3. The van der Waals surface area contributed by atoms with Gasteiger partial charge in [0, 0.05) is 12.5 Å². The molecule has 1 saturated heterocycles. The third-order valence-electron chi connectivity index (χ3n) is 7.22. The van der Waals surface area contributed by atoms with E-state index in [1.165, 1.54) is 30.6 Å². The van der Waals surface area contributed by atoms with Gasteiger partial charge in [-0.2, -0.15) is 0 Å². The number of imide groups is 1. The first-order valence-electron chi connectivity index (χ1n) is 11.8. The molecule has 4 rings (SSSR count). The van der Waals surface area contributed by atoms with E-state index in [0.717, 1.165) is 38.5 Å². The van der Waals surface area contributed by atoms with Gasteiger partial charge < -0.3 is 4.74 Å². The number of amides is 2. The summed E-state index contributed by atoms with van der Waals surface area (Å²) in [4.78, 5) is 39.5. The van der Waals surface area contributed by atoms with Crippen molar-refractivity contribution in [3.8, 4) is 5.75 Å². The zero-order valence-electron chi connectivity index (χ0n) is 18.0. The van der Waals surface area contributed by atoms with Gasteiger partial charge in [0.25, 0.3) is 0 Å². The summed E-state index contributed by atoms with van der Waals surface area (Å²) in [5.74, 6) is 0.469. The van der Waals surface area contributed by atoms with Gasteiger partial charge in [0.15, 0.2) is 0 Å². The maximum atomic E-state index is 13.0. The van der Waals surface area contributed by atoms with Crippen molar-refractivity contribution in [3.63, 3.8) is 0 Å². The van der Waals surface area contributed by atoms with E-state index in [1.807, 2.05) is 0 Å². The number of ether oxygens (including phenoxy) is 1. The molecule has 162 valence electrons. The van der Waals surface area contributed by atoms with Crippen molar-refractivity contribution in [1.29, 1.82) is 0 Å². The molecule has 2 saturated carbocycles. The van der Waals surface area contributed by atoms with E-state index in [2.05, 4.69) is 6.92 Å². The maximum absolute atomic E-state index is 13.0. The van der Waals surface area contributed by atoms with Crippen molar-refractivity contribution in [2.75, 3.05) is 4.90 Å². The molecule has 3 fully saturated rings. The summed E-state index contributed by atoms with van der Waals surface area (Å²) in [6.07, 6.45) is 11.6. The molecule has 5 nitrogen and oxygen atoms in total. The summed E-state index contributed by atoms with van der Waals surface area (Å²) in [7, 11) is 0. The van der Waals surface area contributed by atoms with E-state index in [1.54, 1.807) is 24.3 Å². The average molecular weight is 412 g/mol. The first kappa shape index (κ1) is 21.1. The molecule has 1 aliphatic heterocycles. The van der Waals surface area contributed by atoms with Gasteiger partial charge in [0.05, 0.1) is 17.5 Å². The molecule has 0 unspecified atom stereocenters. The highest BCUT2D eigenvalue weighted by Crippen LogP contribution is 2.56. The molecule has 1 aromatic rings. The van der Waals surface area contributed by atoms with Crippen LogP contribution in [0.1, 0.15) is 77.6 Å². The highest BCUT2D eigenvalue weighted by molar-refractivity contribution is 6.22. The van der Waals surface area contributed by atoms with E-state index < -0.39 is 0 Å². The number of unbranched alkanes of at least 4 members (excludes halogenated alkanes) is 6. The number of hydrogen-bond acceptors (Lipinski definition) is 4. The minimum atomic E-state index is -0.255. The quantitative estimate of drug-likeness (QED) is 0.228. The summed E-state index contributed by atoms with van der Waals surface area (Å²) >= 11 is 0. The van der Waals surface area contributed by atoms with Crippen molar-refractivity contribution in [1.82, 2.24) is 0 Å². The Hall–Kier alpha value is -2.17. The zero-order valence-corrected chi connectivity index (χ0v) is 18.0. The number of rotatable bonds is 10. The predicted octanol–water partition coefficient (Wildman–Crippen LogP) is 5.27. The van der Waals surface area contributed by atoms with Gasteiger partial charge in [0.1, 0.15) is 5.75 Å². The Morgan fingerprint density at radius 2 is 1.60 bits per heavy atom. The molecule has 4 atom stereocenters. The van der Waals surface area contributed by atoms with Gasteiger partial charge in [-0.25, -0.2) is 4.90 Å². The number of benzene rings is 1. The van der Waals surface area contributed by atoms with Crippen molar-refractivity contribution < 1.29 is 19.1 Å². The normalized spacial score (nSPS) is 27.0. The molecule has 0 radical (unpaired) electrons.